The highest BCUT2D eigenvalue weighted by molar-refractivity contribution is 6.10. The second kappa shape index (κ2) is 8.38. The molecule has 5 rings (SSSR count). The highest BCUT2D eigenvalue weighted by atomic mass is 16.5. The number of para-hydroxylation sites is 2. The molecule has 2 aromatic carbocycles. The standard InChI is InChI=1S/C25H23N5O3/c1-15-8-6-9-17(14-15)22-21(24(31)27-18-10-4-5-11-19(18)32-3)16(2)26-25-28-23(29-30(22)25)20-12-7-13-33-20/h4-14,21-22H,1-3H3,(H,27,31). The van der Waals surface area contributed by atoms with Gasteiger partial charge in [0.1, 0.15) is 11.7 Å². The predicted molar refractivity (Wildman–Crippen MR) is 125 cm³/mol. The summed E-state index contributed by atoms with van der Waals surface area (Å²) in [7, 11) is 1.58. The van der Waals surface area contributed by atoms with Crippen molar-refractivity contribution >= 4 is 23.3 Å². The van der Waals surface area contributed by atoms with E-state index in [1.807, 2.05) is 50.2 Å². The Labute approximate surface area is 190 Å². The van der Waals surface area contributed by atoms with Crippen LogP contribution in [0, 0.1) is 12.8 Å². The third-order valence-corrected chi connectivity index (χ3v) is 5.69. The topological polar surface area (TPSA) is 94.5 Å². The van der Waals surface area contributed by atoms with Crippen LogP contribution >= 0.6 is 0 Å². The summed E-state index contributed by atoms with van der Waals surface area (Å²) in [6.07, 6.45) is 1.57. The molecule has 1 amide bonds. The Morgan fingerprint density at radius 2 is 1.94 bits per heavy atom. The van der Waals surface area contributed by atoms with Crippen LogP contribution < -0.4 is 10.1 Å². The number of methoxy groups -OCH3 is 1. The van der Waals surface area contributed by atoms with Gasteiger partial charge in [-0.2, -0.15) is 4.98 Å². The molecule has 1 aliphatic heterocycles. The Morgan fingerprint density at radius 3 is 2.70 bits per heavy atom. The minimum atomic E-state index is -0.602. The molecule has 0 radical (unpaired) electrons. The molecule has 0 bridgehead atoms. The number of ether oxygens (including phenoxy) is 1. The molecule has 33 heavy (non-hydrogen) atoms. The molecule has 0 aliphatic carbocycles. The number of nitrogens with zero attached hydrogens (tertiary/aromatic N) is 4. The number of hydrogen-bond acceptors (Lipinski definition) is 6. The SMILES string of the molecule is COc1ccccc1NC(=O)C1C(C)=Nc2nc(-c3ccco3)nn2C1c1cccc(C)c1. The van der Waals surface area contributed by atoms with E-state index in [9.17, 15) is 4.79 Å². The van der Waals surface area contributed by atoms with E-state index in [-0.39, 0.29) is 5.91 Å². The van der Waals surface area contributed by atoms with Crippen LogP contribution in [0.4, 0.5) is 11.6 Å². The number of carbonyl (C=O) groups is 1. The van der Waals surface area contributed by atoms with Crippen molar-refractivity contribution in [1.82, 2.24) is 14.8 Å². The maximum Gasteiger partial charge on any atom is 0.249 e. The lowest BCUT2D eigenvalue weighted by molar-refractivity contribution is -0.118. The predicted octanol–water partition coefficient (Wildman–Crippen LogP) is 4.81. The van der Waals surface area contributed by atoms with Gasteiger partial charge in [-0.3, -0.25) is 4.79 Å². The number of aliphatic imine (C=N–C) groups is 1. The Kier molecular flexibility index (Phi) is 5.26. The molecule has 2 aromatic heterocycles. The number of aromatic nitrogens is 3. The summed E-state index contributed by atoms with van der Waals surface area (Å²) in [5.74, 6) is 1.19. The summed E-state index contributed by atoms with van der Waals surface area (Å²) in [4.78, 5) is 22.8. The summed E-state index contributed by atoms with van der Waals surface area (Å²) in [6.45, 7) is 3.87. The van der Waals surface area contributed by atoms with Crippen LogP contribution in [-0.4, -0.2) is 33.5 Å². The van der Waals surface area contributed by atoms with Crippen molar-refractivity contribution < 1.29 is 13.9 Å². The van der Waals surface area contributed by atoms with E-state index in [0.29, 0.717) is 34.7 Å². The van der Waals surface area contributed by atoms with E-state index < -0.39 is 12.0 Å². The number of amides is 1. The van der Waals surface area contributed by atoms with E-state index in [1.165, 1.54) is 0 Å². The number of fused-ring (bicyclic) bond motifs is 1. The summed E-state index contributed by atoms with van der Waals surface area (Å²) < 4.78 is 12.6. The Morgan fingerprint density at radius 1 is 1.09 bits per heavy atom. The van der Waals surface area contributed by atoms with Crippen molar-refractivity contribution in [3.05, 3.63) is 78.1 Å². The summed E-state index contributed by atoms with van der Waals surface area (Å²) in [5.41, 5.74) is 3.28. The fourth-order valence-corrected chi connectivity index (χ4v) is 4.16. The number of benzene rings is 2. The third kappa shape index (κ3) is 3.80. The number of furan rings is 1. The molecular formula is C25H23N5O3. The van der Waals surface area contributed by atoms with Crippen molar-refractivity contribution in [2.75, 3.05) is 12.4 Å². The molecule has 0 fully saturated rings. The summed E-state index contributed by atoms with van der Waals surface area (Å²) >= 11 is 0. The molecule has 8 heteroatoms. The lowest BCUT2D eigenvalue weighted by Gasteiger charge is -2.30. The number of rotatable bonds is 5. The second-order valence-electron chi connectivity index (χ2n) is 7.94. The smallest absolute Gasteiger partial charge is 0.249 e. The lowest BCUT2D eigenvalue weighted by Crippen LogP contribution is -2.39. The van der Waals surface area contributed by atoms with Crippen LogP contribution in [0.2, 0.25) is 0 Å². The Balaban J connectivity index is 1.60. The van der Waals surface area contributed by atoms with E-state index in [4.69, 9.17) is 9.15 Å². The van der Waals surface area contributed by atoms with E-state index in [0.717, 1.165) is 11.1 Å². The molecule has 166 valence electrons. The quantitative estimate of drug-likeness (QED) is 0.480. The highest BCUT2D eigenvalue weighted by Gasteiger charge is 2.39. The molecule has 8 nitrogen and oxygen atoms in total. The zero-order valence-electron chi connectivity index (χ0n) is 18.5. The average molecular weight is 441 g/mol. The molecule has 2 unspecified atom stereocenters. The van der Waals surface area contributed by atoms with Gasteiger partial charge in [-0.05, 0) is 43.7 Å². The van der Waals surface area contributed by atoms with Crippen LogP contribution in [0.3, 0.4) is 0 Å². The van der Waals surface area contributed by atoms with Crippen LogP contribution in [0.5, 0.6) is 5.75 Å². The van der Waals surface area contributed by atoms with Gasteiger partial charge in [0.2, 0.25) is 17.7 Å². The van der Waals surface area contributed by atoms with Crippen molar-refractivity contribution in [1.29, 1.82) is 0 Å². The van der Waals surface area contributed by atoms with Gasteiger partial charge in [-0.25, -0.2) is 9.67 Å². The molecule has 2 atom stereocenters. The van der Waals surface area contributed by atoms with Crippen LogP contribution in [0.15, 0.2) is 76.3 Å². The molecule has 1 N–H and O–H groups in total. The van der Waals surface area contributed by atoms with Gasteiger partial charge < -0.3 is 14.5 Å². The number of carbonyl (C=O) groups excluding carboxylic acids is 1. The normalized spacial score (nSPS) is 17.2. The van der Waals surface area contributed by atoms with Crippen molar-refractivity contribution in [3.8, 4) is 17.3 Å². The Bertz CT molecular complexity index is 1340. The first-order valence-corrected chi connectivity index (χ1v) is 10.6. The zero-order chi connectivity index (χ0) is 22.9. The minimum Gasteiger partial charge on any atom is -0.495 e. The van der Waals surface area contributed by atoms with Gasteiger partial charge in [-0.15, -0.1) is 5.10 Å². The molecule has 4 aromatic rings. The van der Waals surface area contributed by atoms with Gasteiger partial charge >= 0.3 is 0 Å². The number of nitrogens with one attached hydrogen (secondary N) is 1. The fourth-order valence-electron chi connectivity index (χ4n) is 4.16. The Hall–Kier alpha value is -4.20. The average Bonchev–Trinajstić information content (AvgIpc) is 3.48. The van der Waals surface area contributed by atoms with Crippen LogP contribution in [0.25, 0.3) is 11.6 Å². The maximum absolute atomic E-state index is 13.6. The van der Waals surface area contributed by atoms with Crippen LogP contribution in [0.1, 0.15) is 24.1 Å². The summed E-state index contributed by atoms with van der Waals surface area (Å²) in [6, 6.07) is 18.5. The lowest BCUT2D eigenvalue weighted by atomic mass is 9.87. The molecular weight excluding hydrogens is 418 g/mol. The zero-order valence-corrected chi connectivity index (χ0v) is 18.5. The van der Waals surface area contributed by atoms with E-state index in [1.54, 1.807) is 36.3 Å². The van der Waals surface area contributed by atoms with E-state index in [2.05, 4.69) is 26.5 Å². The molecule has 0 spiro atoms. The first-order valence-electron chi connectivity index (χ1n) is 10.6. The first-order chi connectivity index (χ1) is 16.0. The number of hydrogen-bond donors (Lipinski definition) is 1. The van der Waals surface area contributed by atoms with Gasteiger partial charge in [0, 0.05) is 5.71 Å². The molecule has 1 aliphatic rings. The van der Waals surface area contributed by atoms with Gasteiger partial charge in [0.15, 0.2) is 5.76 Å². The third-order valence-electron chi connectivity index (χ3n) is 5.69. The first kappa shape index (κ1) is 20.7. The fraction of sp³-hybridized carbons (Fsp3) is 0.200. The largest absolute Gasteiger partial charge is 0.495 e. The molecule has 0 saturated heterocycles. The molecule has 3 heterocycles. The van der Waals surface area contributed by atoms with Crippen molar-refractivity contribution in [2.45, 2.75) is 19.9 Å². The van der Waals surface area contributed by atoms with Gasteiger partial charge in [0.25, 0.3) is 0 Å². The minimum absolute atomic E-state index is 0.201. The summed E-state index contributed by atoms with van der Waals surface area (Å²) in [5, 5.41) is 7.70. The van der Waals surface area contributed by atoms with Gasteiger partial charge in [0.05, 0.1) is 25.1 Å². The van der Waals surface area contributed by atoms with Crippen molar-refractivity contribution in [2.24, 2.45) is 10.9 Å². The van der Waals surface area contributed by atoms with Crippen LogP contribution in [-0.2, 0) is 4.79 Å². The van der Waals surface area contributed by atoms with Gasteiger partial charge in [-0.1, -0.05) is 42.0 Å². The highest BCUT2D eigenvalue weighted by Crippen LogP contribution is 2.38. The second-order valence-corrected chi connectivity index (χ2v) is 7.94. The monoisotopic (exact) mass is 441 g/mol. The number of aryl methyl sites for hydroxylation is 1. The maximum atomic E-state index is 13.6. The number of anilines is 1. The van der Waals surface area contributed by atoms with Crippen molar-refractivity contribution in [3.63, 3.8) is 0 Å². The molecule has 0 saturated carbocycles. The van der Waals surface area contributed by atoms with E-state index >= 15 is 0 Å².